The van der Waals surface area contributed by atoms with Crippen LogP contribution >= 0.6 is 0 Å². The van der Waals surface area contributed by atoms with Crippen molar-refractivity contribution in [3.8, 4) is 5.75 Å². The minimum atomic E-state index is -0.692. The Balaban J connectivity index is 2.05. The van der Waals surface area contributed by atoms with Crippen molar-refractivity contribution in [3.63, 3.8) is 0 Å². The van der Waals surface area contributed by atoms with Crippen molar-refractivity contribution < 1.29 is 9.84 Å². The zero-order chi connectivity index (χ0) is 13.5. The highest BCUT2D eigenvalue weighted by Crippen LogP contribution is 2.49. The van der Waals surface area contributed by atoms with Gasteiger partial charge >= 0.3 is 0 Å². The van der Waals surface area contributed by atoms with Gasteiger partial charge in [0.25, 0.3) is 0 Å². The molecule has 0 bridgehead atoms. The van der Waals surface area contributed by atoms with Crippen LogP contribution in [0.3, 0.4) is 0 Å². The molecular weight excluding hydrogens is 236 g/mol. The molecule has 104 valence electrons. The Morgan fingerprint density at radius 2 is 2.16 bits per heavy atom. The second-order valence-electron chi connectivity index (χ2n) is 6.41. The lowest BCUT2D eigenvalue weighted by Gasteiger charge is -2.43. The van der Waals surface area contributed by atoms with E-state index in [1.54, 1.807) is 0 Å². The van der Waals surface area contributed by atoms with Crippen molar-refractivity contribution in [2.75, 3.05) is 6.61 Å². The van der Waals surface area contributed by atoms with E-state index in [1.165, 1.54) is 12.0 Å². The maximum atomic E-state index is 11.4. The van der Waals surface area contributed by atoms with Gasteiger partial charge in [-0.15, -0.1) is 0 Å². The van der Waals surface area contributed by atoms with Crippen LogP contribution in [0, 0.1) is 11.8 Å². The van der Waals surface area contributed by atoms with Crippen molar-refractivity contribution in [1.82, 2.24) is 0 Å². The van der Waals surface area contributed by atoms with Crippen LogP contribution in [0.25, 0.3) is 0 Å². The quantitative estimate of drug-likeness (QED) is 0.879. The van der Waals surface area contributed by atoms with E-state index in [1.807, 2.05) is 0 Å². The molecule has 1 aliphatic carbocycles. The Labute approximate surface area is 115 Å². The van der Waals surface area contributed by atoms with Gasteiger partial charge in [0, 0.05) is 12.0 Å². The maximum absolute atomic E-state index is 11.4. The van der Waals surface area contributed by atoms with Gasteiger partial charge in [-0.3, -0.25) is 0 Å². The van der Waals surface area contributed by atoms with Crippen molar-refractivity contribution >= 4 is 0 Å². The molecule has 1 fully saturated rings. The van der Waals surface area contributed by atoms with Crippen LogP contribution in [-0.4, -0.2) is 11.7 Å². The summed E-state index contributed by atoms with van der Waals surface area (Å²) >= 11 is 0. The number of para-hydroxylation sites is 1. The molecule has 2 nitrogen and oxygen atoms in total. The van der Waals surface area contributed by atoms with Crippen LogP contribution < -0.4 is 4.74 Å². The number of benzene rings is 1. The van der Waals surface area contributed by atoms with Crippen LogP contribution in [0.4, 0.5) is 0 Å². The topological polar surface area (TPSA) is 29.5 Å². The van der Waals surface area contributed by atoms with Crippen molar-refractivity contribution in [2.24, 2.45) is 11.8 Å². The average Bonchev–Trinajstić information content (AvgIpc) is 2.86. The van der Waals surface area contributed by atoms with Crippen molar-refractivity contribution in [3.05, 3.63) is 29.3 Å². The fraction of sp³-hybridized carbons (Fsp3) is 0.647. The number of ether oxygens (including phenoxy) is 1. The monoisotopic (exact) mass is 260 g/mol. The van der Waals surface area contributed by atoms with E-state index in [0.717, 1.165) is 43.6 Å². The summed E-state index contributed by atoms with van der Waals surface area (Å²) in [5.41, 5.74) is 1.61. The Bertz CT molecular complexity index is 466. The smallest absolute Gasteiger partial charge is 0.128 e. The molecule has 3 rings (SSSR count). The molecule has 0 saturated heterocycles. The molecule has 1 saturated carbocycles. The molecule has 1 N–H and O–H groups in total. The number of hydrogen-bond donors (Lipinski definition) is 1. The van der Waals surface area contributed by atoms with Crippen LogP contribution in [-0.2, 0) is 12.0 Å². The first-order chi connectivity index (χ1) is 9.13. The molecule has 0 amide bonds. The molecule has 2 heteroatoms. The number of hydrogen-bond acceptors (Lipinski definition) is 2. The molecule has 0 radical (unpaired) electrons. The van der Waals surface area contributed by atoms with Gasteiger partial charge in [0.1, 0.15) is 5.75 Å². The molecule has 0 aromatic heterocycles. The fourth-order valence-electron chi connectivity index (χ4n) is 3.96. The van der Waals surface area contributed by atoms with E-state index < -0.39 is 5.60 Å². The summed E-state index contributed by atoms with van der Waals surface area (Å²) < 4.78 is 5.82. The summed E-state index contributed by atoms with van der Waals surface area (Å²) in [6.07, 6.45) is 5.32. The van der Waals surface area contributed by atoms with E-state index >= 15 is 0 Å². The van der Waals surface area contributed by atoms with Gasteiger partial charge in [-0.1, -0.05) is 44.9 Å². The van der Waals surface area contributed by atoms with E-state index in [4.69, 9.17) is 4.74 Å². The van der Waals surface area contributed by atoms with Crippen LogP contribution in [0.2, 0.25) is 0 Å². The Morgan fingerprint density at radius 3 is 2.95 bits per heavy atom. The third-order valence-corrected chi connectivity index (χ3v) is 4.92. The Morgan fingerprint density at radius 1 is 1.32 bits per heavy atom. The molecule has 19 heavy (non-hydrogen) atoms. The van der Waals surface area contributed by atoms with Crippen LogP contribution in [0.1, 0.15) is 50.7 Å². The molecule has 1 aromatic carbocycles. The third kappa shape index (κ3) is 2.06. The molecule has 2 atom stereocenters. The lowest BCUT2D eigenvalue weighted by atomic mass is 9.67. The summed E-state index contributed by atoms with van der Waals surface area (Å²) in [5.74, 6) is 1.82. The summed E-state index contributed by atoms with van der Waals surface area (Å²) in [5, 5.41) is 11.4. The summed E-state index contributed by atoms with van der Waals surface area (Å²) in [4.78, 5) is 0. The normalized spacial score (nSPS) is 30.2. The highest BCUT2D eigenvalue weighted by atomic mass is 16.5. The van der Waals surface area contributed by atoms with Gasteiger partial charge in [0.2, 0.25) is 0 Å². The van der Waals surface area contributed by atoms with E-state index in [0.29, 0.717) is 11.8 Å². The van der Waals surface area contributed by atoms with Crippen LogP contribution in [0.15, 0.2) is 18.2 Å². The SMILES string of the molecule is CC(C)C1CCCCC1(O)c1cccc2c1OCC2. The molecule has 1 heterocycles. The molecule has 2 unspecified atom stereocenters. The van der Waals surface area contributed by atoms with Crippen molar-refractivity contribution in [2.45, 2.75) is 51.6 Å². The molecule has 1 aromatic rings. The van der Waals surface area contributed by atoms with Crippen LogP contribution in [0.5, 0.6) is 5.75 Å². The minimum absolute atomic E-state index is 0.344. The van der Waals surface area contributed by atoms with Gasteiger partial charge in [0.15, 0.2) is 0 Å². The van der Waals surface area contributed by atoms with Crippen molar-refractivity contribution in [1.29, 1.82) is 0 Å². The second-order valence-corrected chi connectivity index (χ2v) is 6.41. The predicted molar refractivity (Wildman–Crippen MR) is 76.3 cm³/mol. The Hall–Kier alpha value is -1.02. The number of rotatable bonds is 2. The summed E-state index contributed by atoms with van der Waals surface area (Å²) in [6, 6.07) is 6.28. The van der Waals surface area contributed by atoms with E-state index in [-0.39, 0.29) is 0 Å². The highest BCUT2D eigenvalue weighted by Gasteiger charge is 2.44. The summed E-state index contributed by atoms with van der Waals surface area (Å²) in [7, 11) is 0. The molecule has 0 spiro atoms. The highest BCUT2D eigenvalue weighted by molar-refractivity contribution is 5.47. The first-order valence-corrected chi connectivity index (χ1v) is 7.60. The van der Waals surface area contributed by atoms with Gasteiger partial charge in [-0.05, 0) is 30.2 Å². The second kappa shape index (κ2) is 4.82. The maximum Gasteiger partial charge on any atom is 0.128 e. The summed E-state index contributed by atoms with van der Waals surface area (Å²) in [6.45, 7) is 5.21. The predicted octanol–water partition coefficient (Wildman–Crippen LogP) is 3.66. The first-order valence-electron chi connectivity index (χ1n) is 7.60. The largest absolute Gasteiger partial charge is 0.493 e. The minimum Gasteiger partial charge on any atom is -0.493 e. The van der Waals surface area contributed by atoms with Gasteiger partial charge in [0.05, 0.1) is 12.2 Å². The standard InChI is InChI=1S/C17H24O2/c1-12(2)14-7-3-4-10-17(14,18)15-8-5-6-13-9-11-19-16(13)15/h5-6,8,12,14,18H,3-4,7,9-11H2,1-2H3. The van der Waals surface area contributed by atoms with E-state index in [2.05, 4.69) is 32.0 Å². The lowest BCUT2D eigenvalue weighted by Crippen LogP contribution is -2.41. The lowest BCUT2D eigenvalue weighted by molar-refractivity contribution is -0.0734. The first kappa shape index (κ1) is 13.0. The third-order valence-electron chi connectivity index (χ3n) is 4.92. The zero-order valence-electron chi connectivity index (χ0n) is 12.0. The number of fused-ring (bicyclic) bond motifs is 1. The van der Waals surface area contributed by atoms with E-state index in [9.17, 15) is 5.11 Å². The van der Waals surface area contributed by atoms with Gasteiger partial charge in [-0.2, -0.15) is 0 Å². The zero-order valence-corrected chi connectivity index (χ0v) is 12.0. The van der Waals surface area contributed by atoms with Gasteiger partial charge in [-0.25, -0.2) is 0 Å². The molecule has 2 aliphatic rings. The number of aliphatic hydroxyl groups is 1. The fourth-order valence-corrected chi connectivity index (χ4v) is 3.96. The van der Waals surface area contributed by atoms with Gasteiger partial charge < -0.3 is 9.84 Å². The average molecular weight is 260 g/mol. The molecule has 1 aliphatic heterocycles. The Kier molecular flexibility index (Phi) is 3.30. The molecular formula is C17H24O2.